The molecule has 0 N–H and O–H groups in total. The average Bonchev–Trinajstić information content (AvgIpc) is 1.86. The van der Waals surface area contributed by atoms with Crippen LogP contribution in [0.5, 0.6) is 0 Å². The highest BCUT2D eigenvalue weighted by molar-refractivity contribution is 9.09. The smallest absolute Gasteiger partial charge is 0.296 e. The summed E-state index contributed by atoms with van der Waals surface area (Å²) in [6.45, 7) is 0. The molecule has 0 aromatic heterocycles. The van der Waals surface area contributed by atoms with Crippen LogP contribution in [0.15, 0.2) is 0 Å². The van der Waals surface area contributed by atoms with Crippen LogP contribution in [0.3, 0.4) is 0 Å². The first-order chi connectivity index (χ1) is 4.04. The fourth-order valence-electron chi connectivity index (χ4n) is 0.155. The van der Waals surface area contributed by atoms with Crippen molar-refractivity contribution in [2.75, 3.05) is 5.33 Å². The number of hydrogen-bond acceptors (Lipinski definition) is 2. The van der Waals surface area contributed by atoms with Gasteiger partial charge in [-0.25, -0.2) is 0 Å². The molecule has 0 heterocycles. The summed E-state index contributed by atoms with van der Waals surface area (Å²) in [7, 11) is 0. The van der Waals surface area contributed by atoms with Gasteiger partial charge >= 0.3 is 5.92 Å². The summed E-state index contributed by atoms with van der Waals surface area (Å²) >= 11 is 2.50. The van der Waals surface area contributed by atoms with E-state index in [2.05, 4.69) is 15.9 Å². The van der Waals surface area contributed by atoms with Crippen LogP contribution in [0.1, 0.15) is 0 Å². The summed E-state index contributed by atoms with van der Waals surface area (Å²) in [5.41, 5.74) is 0. The second-order valence-corrected chi connectivity index (χ2v) is 1.86. The molecule has 2 nitrogen and oxygen atoms in total. The van der Waals surface area contributed by atoms with Gasteiger partial charge in [-0.1, -0.05) is 15.9 Å². The van der Waals surface area contributed by atoms with Crippen LogP contribution in [0.4, 0.5) is 8.78 Å². The highest BCUT2D eigenvalue weighted by atomic mass is 79.9. The van der Waals surface area contributed by atoms with Crippen molar-refractivity contribution in [1.82, 2.24) is 0 Å². The van der Waals surface area contributed by atoms with Crippen LogP contribution in [-0.4, -0.2) is 23.3 Å². The van der Waals surface area contributed by atoms with Crippen LogP contribution < -0.4 is 0 Å². The SMILES string of the molecule is O=CC(F)(F)C(=O)CBr. The standard InChI is InChI=1S/C4H3BrF2O2/c5-1-3(9)4(6,7)2-8/h2H,1H2. The Labute approximate surface area is 58.4 Å². The number of halogens is 3. The van der Waals surface area contributed by atoms with Gasteiger partial charge in [-0.05, 0) is 0 Å². The minimum absolute atomic E-state index is 0.501. The van der Waals surface area contributed by atoms with Gasteiger partial charge in [0, 0.05) is 0 Å². The molecule has 9 heavy (non-hydrogen) atoms. The van der Waals surface area contributed by atoms with Gasteiger partial charge in [0.1, 0.15) is 0 Å². The molecule has 0 atom stereocenters. The van der Waals surface area contributed by atoms with Crippen molar-refractivity contribution in [3.05, 3.63) is 0 Å². The maximum atomic E-state index is 11.8. The number of rotatable bonds is 3. The molecule has 0 aromatic carbocycles. The van der Waals surface area contributed by atoms with Gasteiger partial charge in [0.2, 0.25) is 5.78 Å². The topological polar surface area (TPSA) is 34.1 Å². The van der Waals surface area contributed by atoms with E-state index in [4.69, 9.17) is 0 Å². The lowest BCUT2D eigenvalue weighted by molar-refractivity contribution is -0.147. The van der Waals surface area contributed by atoms with E-state index in [9.17, 15) is 18.4 Å². The lowest BCUT2D eigenvalue weighted by Crippen LogP contribution is -2.30. The Kier molecular flexibility index (Phi) is 2.90. The number of carbonyl (C=O) groups is 2. The number of carbonyl (C=O) groups excluding carboxylic acids is 2. The van der Waals surface area contributed by atoms with Crippen molar-refractivity contribution >= 4 is 28.0 Å². The fraction of sp³-hybridized carbons (Fsp3) is 0.500. The largest absolute Gasteiger partial charge is 0.360 e. The molecular weight excluding hydrogens is 198 g/mol. The number of ketones is 1. The lowest BCUT2D eigenvalue weighted by atomic mass is 10.3. The third kappa shape index (κ3) is 2.17. The molecular formula is C4H3BrF2O2. The van der Waals surface area contributed by atoms with Crippen LogP contribution in [-0.2, 0) is 9.59 Å². The molecule has 0 radical (unpaired) electrons. The Morgan fingerprint density at radius 1 is 1.67 bits per heavy atom. The highest BCUT2D eigenvalue weighted by Crippen LogP contribution is 2.11. The summed E-state index contributed by atoms with van der Waals surface area (Å²) in [5, 5.41) is -0.501. The van der Waals surface area contributed by atoms with Gasteiger partial charge in [0.05, 0.1) is 5.33 Å². The molecule has 0 rings (SSSR count). The molecule has 52 valence electrons. The molecule has 0 unspecified atom stereocenters. The van der Waals surface area contributed by atoms with Gasteiger partial charge in [0.15, 0.2) is 6.29 Å². The van der Waals surface area contributed by atoms with E-state index in [0.29, 0.717) is 0 Å². The first-order valence-corrected chi connectivity index (χ1v) is 3.10. The van der Waals surface area contributed by atoms with Crippen molar-refractivity contribution in [2.45, 2.75) is 5.92 Å². The number of aldehydes is 1. The Bertz CT molecular complexity index is 135. The van der Waals surface area contributed by atoms with Crippen LogP contribution in [0.25, 0.3) is 0 Å². The average molecular weight is 201 g/mol. The Balaban J connectivity index is 4.14. The lowest BCUT2D eigenvalue weighted by Gasteiger charge is -2.02. The number of alkyl halides is 3. The fourth-order valence-corrected chi connectivity index (χ4v) is 0.529. The minimum atomic E-state index is -3.82. The quantitative estimate of drug-likeness (QED) is 0.384. The molecule has 0 saturated carbocycles. The normalized spacial score (nSPS) is 11.0. The zero-order valence-electron chi connectivity index (χ0n) is 4.23. The van der Waals surface area contributed by atoms with Crippen LogP contribution >= 0.6 is 15.9 Å². The molecule has 0 aliphatic carbocycles. The summed E-state index contributed by atoms with van der Waals surface area (Å²) in [4.78, 5) is 19.5. The van der Waals surface area contributed by atoms with Crippen molar-refractivity contribution < 1.29 is 18.4 Å². The predicted molar refractivity (Wildman–Crippen MR) is 29.8 cm³/mol. The monoisotopic (exact) mass is 200 g/mol. The third-order valence-electron chi connectivity index (χ3n) is 0.641. The highest BCUT2D eigenvalue weighted by Gasteiger charge is 2.36. The van der Waals surface area contributed by atoms with E-state index in [1.807, 2.05) is 0 Å². The van der Waals surface area contributed by atoms with Gasteiger partial charge < -0.3 is 0 Å². The summed E-state index contributed by atoms with van der Waals surface area (Å²) in [5.74, 6) is -5.23. The Morgan fingerprint density at radius 2 is 2.11 bits per heavy atom. The first-order valence-electron chi connectivity index (χ1n) is 1.98. The van der Waals surface area contributed by atoms with E-state index >= 15 is 0 Å². The van der Waals surface area contributed by atoms with Gasteiger partial charge in [-0.3, -0.25) is 9.59 Å². The summed E-state index contributed by atoms with van der Waals surface area (Å²) < 4.78 is 23.6. The molecule has 0 aromatic rings. The molecule has 0 bridgehead atoms. The Morgan fingerprint density at radius 3 is 2.22 bits per heavy atom. The van der Waals surface area contributed by atoms with E-state index in [1.165, 1.54) is 0 Å². The summed E-state index contributed by atoms with van der Waals surface area (Å²) in [6, 6.07) is 0. The number of Topliss-reactive ketones (excluding diaryl/α,β-unsaturated/α-hetero) is 1. The number of hydrogen-bond donors (Lipinski definition) is 0. The Hall–Kier alpha value is -0.320. The molecule has 0 saturated heterocycles. The predicted octanol–water partition coefficient (Wildman–Crippen LogP) is 0.785. The maximum absolute atomic E-state index is 11.8. The first kappa shape index (κ1) is 8.68. The molecule has 0 fully saturated rings. The van der Waals surface area contributed by atoms with Gasteiger partial charge in [-0.2, -0.15) is 8.78 Å². The van der Waals surface area contributed by atoms with Crippen LogP contribution in [0, 0.1) is 0 Å². The molecule has 0 aliphatic heterocycles. The molecule has 5 heteroatoms. The maximum Gasteiger partial charge on any atom is 0.360 e. The van der Waals surface area contributed by atoms with Crippen molar-refractivity contribution in [1.29, 1.82) is 0 Å². The van der Waals surface area contributed by atoms with Crippen molar-refractivity contribution in [2.24, 2.45) is 0 Å². The molecule has 0 aliphatic rings. The molecule has 0 spiro atoms. The van der Waals surface area contributed by atoms with E-state index in [-0.39, 0.29) is 0 Å². The van der Waals surface area contributed by atoms with Gasteiger partial charge in [0.25, 0.3) is 0 Å². The minimum Gasteiger partial charge on any atom is -0.296 e. The molecule has 0 amide bonds. The third-order valence-corrected chi connectivity index (χ3v) is 1.15. The zero-order valence-corrected chi connectivity index (χ0v) is 5.82. The second kappa shape index (κ2) is 3.00. The second-order valence-electron chi connectivity index (χ2n) is 1.30. The van der Waals surface area contributed by atoms with E-state index in [0.717, 1.165) is 0 Å². The summed E-state index contributed by atoms with van der Waals surface area (Å²) in [6.07, 6.45) is -0.670. The van der Waals surface area contributed by atoms with E-state index < -0.39 is 23.3 Å². The zero-order chi connectivity index (χ0) is 7.49. The van der Waals surface area contributed by atoms with Crippen molar-refractivity contribution in [3.8, 4) is 0 Å². The van der Waals surface area contributed by atoms with Crippen LogP contribution in [0.2, 0.25) is 0 Å². The van der Waals surface area contributed by atoms with Gasteiger partial charge in [-0.15, -0.1) is 0 Å². The van der Waals surface area contributed by atoms with E-state index in [1.54, 1.807) is 0 Å². The van der Waals surface area contributed by atoms with Crippen molar-refractivity contribution in [3.63, 3.8) is 0 Å².